The van der Waals surface area contributed by atoms with Crippen LogP contribution in [0.4, 0.5) is 0 Å². The molecule has 1 amide bonds. The van der Waals surface area contributed by atoms with Gasteiger partial charge in [-0.05, 0) is 48.9 Å². The molecule has 1 N–H and O–H groups in total. The van der Waals surface area contributed by atoms with E-state index in [1.165, 1.54) is 7.11 Å². The van der Waals surface area contributed by atoms with Gasteiger partial charge in [-0.1, -0.05) is 18.2 Å². The van der Waals surface area contributed by atoms with Gasteiger partial charge in [0, 0.05) is 18.1 Å². The summed E-state index contributed by atoms with van der Waals surface area (Å²) in [5.74, 6) is 0.759. The van der Waals surface area contributed by atoms with Crippen LogP contribution in [0, 0.1) is 0 Å². The molecule has 0 aliphatic carbocycles. The van der Waals surface area contributed by atoms with Gasteiger partial charge in [0.25, 0.3) is 5.91 Å². The first-order valence-electron chi connectivity index (χ1n) is 8.39. The van der Waals surface area contributed by atoms with Crippen LogP contribution in [0.2, 0.25) is 0 Å². The zero-order chi connectivity index (χ0) is 18.5. The van der Waals surface area contributed by atoms with Gasteiger partial charge in [-0.2, -0.15) is 0 Å². The average molecular weight is 350 g/mol. The van der Waals surface area contributed by atoms with E-state index in [1.54, 1.807) is 25.3 Å². The molecular formula is C21H22N2O3. The molecule has 2 aromatic carbocycles. The van der Waals surface area contributed by atoms with Crippen molar-refractivity contribution in [3.63, 3.8) is 0 Å². The van der Waals surface area contributed by atoms with E-state index in [-0.39, 0.29) is 11.9 Å². The Morgan fingerprint density at radius 3 is 2.27 bits per heavy atom. The van der Waals surface area contributed by atoms with Crippen LogP contribution in [-0.4, -0.2) is 24.7 Å². The van der Waals surface area contributed by atoms with Crippen LogP contribution in [0.15, 0.2) is 67.0 Å². The summed E-state index contributed by atoms with van der Waals surface area (Å²) in [6, 6.07) is 17.2. The molecule has 1 heterocycles. The number of methoxy groups -OCH3 is 2. The largest absolute Gasteiger partial charge is 0.493 e. The van der Waals surface area contributed by atoms with Crippen molar-refractivity contribution in [2.45, 2.75) is 13.0 Å². The minimum atomic E-state index is -0.206. The van der Waals surface area contributed by atoms with Gasteiger partial charge in [-0.3, -0.25) is 4.79 Å². The van der Waals surface area contributed by atoms with Gasteiger partial charge in [0.1, 0.15) is 0 Å². The number of nitrogens with one attached hydrogen (secondary N) is 1. The lowest BCUT2D eigenvalue weighted by Crippen LogP contribution is -2.27. The predicted molar refractivity (Wildman–Crippen MR) is 101 cm³/mol. The molecular weight excluding hydrogens is 328 g/mol. The molecule has 134 valence electrons. The van der Waals surface area contributed by atoms with Crippen LogP contribution in [0.25, 0.3) is 5.69 Å². The summed E-state index contributed by atoms with van der Waals surface area (Å²) in [6.07, 6.45) is 3.99. The molecule has 0 aliphatic rings. The van der Waals surface area contributed by atoms with Crippen molar-refractivity contribution < 1.29 is 14.3 Å². The Kier molecular flexibility index (Phi) is 5.27. The molecule has 1 atom stereocenters. The quantitative estimate of drug-likeness (QED) is 0.731. The second kappa shape index (κ2) is 7.78. The van der Waals surface area contributed by atoms with Gasteiger partial charge in [-0.15, -0.1) is 0 Å². The molecule has 1 unspecified atom stereocenters. The molecule has 0 saturated heterocycles. The summed E-state index contributed by atoms with van der Waals surface area (Å²) >= 11 is 0. The van der Waals surface area contributed by atoms with E-state index in [4.69, 9.17) is 9.47 Å². The van der Waals surface area contributed by atoms with E-state index in [9.17, 15) is 4.79 Å². The van der Waals surface area contributed by atoms with Gasteiger partial charge in [0.15, 0.2) is 11.5 Å². The summed E-state index contributed by atoms with van der Waals surface area (Å²) in [4.78, 5) is 12.7. The number of aromatic nitrogens is 1. The summed E-state index contributed by atoms with van der Waals surface area (Å²) in [5.41, 5.74) is 2.55. The Bertz CT molecular complexity index is 871. The molecule has 0 aliphatic heterocycles. The van der Waals surface area contributed by atoms with Crippen molar-refractivity contribution in [2.24, 2.45) is 0 Å². The Morgan fingerprint density at radius 1 is 0.962 bits per heavy atom. The van der Waals surface area contributed by atoms with Crippen LogP contribution in [-0.2, 0) is 0 Å². The average Bonchev–Trinajstić information content (AvgIpc) is 3.22. The fourth-order valence-corrected chi connectivity index (χ4v) is 2.87. The van der Waals surface area contributed by atoms with Crippen molar-refractivity contribution in [3.8, 4) is 17.2 Å². The number of benzene rings is 2. The maximum absolute atomic E-state index is 12.7. The predicted octanol–water partition coefficient (Wildman–Crippen LogP) is 3.99. The van der Waals surface area contributed by atoms with Crippen LogP contribution in [0.3, 0.4) is 0 Å². The third-order valence-corrected chi connectivity index (χ3v) is 4.29. The van der Waals surface area contributed by atoms with Gasteiger partial charge in [0.05, 0.1) is 25.8 Å². The normalized spacial score (nSPS) is 11.7. The third kappa shape index (κ3) is 3.57. The lowest BCUT2D eigenvalue weighted by molar-refractivity contribution is 0.0936. The highest BCUT2D eigenvalue weighted by molar-refractivity contribution is 5.98. The van der Waals surface area contributed by atoms with Crippen LogP contribution >= 0.6 is 0 Å². The molecule has 1 aromatic heterocycles. The molecule has 26 heavy (non-hydrogen) atoms. The van der Waals surface area contributed by atoms with Crippen molar-refractivity contribution in [2.75, 3.05) is 14.2 Å². The highest BCUT2D eigenvalue weighted by atomic mass is 16.5. The smallest absolute Gasteiger partial charge is 0.255 e. The SMILES string of the molecule is COc1cccc(C(=O)NC(C)c2ccc(-n3cccc3)cc2)c1OC. The number of carbonyl (C=O) groups excluding carboxylic acids is 1. The Morgan fingerprint density at radius 2 is 1.65 bits per heavy atom. The first-order chi connectivity index (χ1) is 12.6. The zero-order valence-electron chi connectivity index (χ0n) is 15.1. The number of nitrogens with zero attached hydrogens (tertiary/aromatic N) is 1. The van der Waals surface area contributed by atoms with Gasteiger partial charge >= 0.3 is 0 Å². The molecule has 0 spiro atoms. The minimum Gasteiger partial charge on any atom is -0.493 e. The number of ether oxygens (including phenoxy) is 2. The number of para-hydroxylation sites is 1. The van der Waals surface area contributed by atoms with Crippen molar-refractivity contribution >= 4 is 5.91 Å². The van der Waals surface area contributed by atoms with E-state index < -0.39 is 0 Å². The Labute approximate surface area is 153 Å². The molecule has 0 fully saturated rings. The number of amides is 1. The summed E-state index contributed by atoms with van der Waals surface area (Å²) in [5, 5.41) is 3.01. The first kappa shape index (κ1) is 17.6. The molecule has 3 aromatic rings. The third-order valence-electron chi connectivity index (χ3n) is 4.29. The lowest BCUT2D eigenvalue weighted by atomic mass is 10.1. The topological polar surface area (TPSA) is 52.5 Å². The summed E-state index contributed by atoms with van der Waals surface area (Å²) in [6.45, 7) is 1.95. The van der Waals surface area contributed by atoms with Crippen molar-refractivity contribution in [3.05, 3.63) is 78.1 Å². The molecule has 0 radical (unpaired) electrons. The fraction of sp³-hybridized carbons (Fsp3) is 0.190. The second-order valence-electron chi connectivity index (χ2n) is 5.92. The number of hydrogen-bond acceptors (Lipinski definition) is 3. The summed E-state index contributed by atoms with van der Waals surface area (Å²) < 4.78 is 12.6. The van der Waals surface area contributed by atoms with Crippen molar-refractivity contribution in [1.82, 2.24) is 9.88 Å². The molecule has 5 heteroatoms. The molecule has 5 nitrogen and oxygen atoms in total. The van der Waals surface area contributed by atoms with E-state index in [2.05, 4.69) is 5.32 Å². The lowest BCUT2D eigenvalue weighted by Gasteiger charge is -2.17. The Balaban J connectivity index is 1.75. The number of hydrogen-bond donors (Lipinski definition) is 1. The second-order valence-corrected chi connectivity index (χ2v) is 5.92. The Hall–Kier alpha value is -3.21. The first-order valence-corrected chi connectivity index (χ1v) is 8.39. The van der Waals surface area contributed by atoms with Crippen LogP contribution in [0.1, 0.15) is 28.9 Å². The molecule has 0 saturated carbocycles. The maximum atomic E-state index is 12.7. The number of rotatable bonds is 6. The maximum Gasteiger partial charge on any atom is 0.255 e. The van der Waals surface area contributed by atoms with Crippen LogP contribution < -0.4 is 14.8 Å². The van der Waals surface area contributed by atoms with E-state index in [1.807, 2.05) is 60.3 Å². The monoisotopic (exact) mass is 350 g/mol. The van der Waals surface area contributed by atoms with Gasteiger partial charge < -0.3 is 19.4 Å². The van der Waals surface area contributed by atoms with E-state index >= 15 is 0 Å². The summed E-state index contributed by atoms with van der Waals surface area (Å²) in [7, 11) is 3.08. The van der Waals surface area contributed by atoms with E-state index in [0.717, 1.165) is 11.3 Å². The minimum absolute atomic E-state index is 0.142. The number of carbonyl (C=O) groups is 1. The molecule has 3 rings (SSSR count). The van der Waals surface area contributed by atoms with Crippen molar-refractivity contribution in [1.29, 1.82) is 0 Å². The van der Waals surface area contributed by atoms with E-state index in [0.29, 0.717) is 17.1 Å². The standard InChI is InChI=1S/C21H22N2O3/c1-15(16-9-11-17(12-10-16)23-13-4-5-14-23)22-21(24)18-7-6-8-19(25-2)20(18)26-3/h4-15H,1-3H3,(H,22,24). The zero-order valence-corrected chi connectivity index (χ0v) is 15.1. The highest BCUT2D eigenvalue weighted by Crippen LogP contribution is 2.31. The molecule has 0 bridgehead atoms. The fourth-order valence-electron chi connectivity index (χ4n) is 2.87. The van der Waals surface area contributed by atoms with Crippen LogP contribution in [0.5, 0.6) is 11.5 Å². The highest BCUT2D eigenvalue weighted by Gasteiger charge is 2.18. The van der Waals surface area contributed by atoms with Gasteiger partial charge in [0.2, 0.25) is 0 Å². The van der Waals surface area contributed by atoms with Gasteiger partial charge in [-0.25, -0.2) is 0 Å².